The van der Waals surface area contributed by atoms with E-state index in [4.69, 9.17) is 11.5 Å². The molecule has 19 heavy (non-hydrogen) atoms. The van der Waals surface area contributed by atoms with Gasteiger partial charge in [0.05, 0.1) is 19.2 Å². The van der Waals surface area contributed by atoms with E-state index in [0.29, 0.717) is 12.8 Å². The topological polar surface area (TPSA) is 130 Å². The van der Waals surface area contributed by atoms with Crippen LogP contribution >= 0.6 is 0 Å². The molecule has 1 saturated carbocycles. The van der Waals surface area contributed by atoms with Gasteiger partial charge in [-0.15, -0.1) is 0 Å². The summed E-state index contributed by atoms with van der Waals surface area (Å²) in [6.45, 7) is -0.795. The Morgan fingerprint density at radius 3 is 1.89 bits per heavy atom. The second kappa shape index (κ2) is 6.18. The summed E-state index contributed by atoms with van der Waals surface area (Å²) in [7, 11) is 0. The van der Waals surface area contributed by atoms with Gasteiger partial charge in [0.15, 0.2) is 0 Å². The molecule has 7 nitrogen and oxygen atoms in total. The first kappa shape index (κ1) is 15.0. The highest BCUT2D eigenvalue weighted by Crippen LogP contribution is 2.37. The molecule has 1 fully saturated rings. The van der Waals surface area contributed by atoms with Gasteiger partial charge in [0.1, 0.15) is 5.41 Å². The van der Waals surface area contributed by atoms with Gasteiger partial charge in [0.25, 0.3) is 0 Å². The zero-order chi connectivity index (χ0) is 14.5. The highest BCUT2D eigenvalue weighted by atomic mass is 16.2. The minimum atomic E-state index is -1.15. The van der Waals surface area contributed by atoms with Crippen molar-refractivity contribution in [3.05, 3.63) is 0 Å². The van der Waals surface area contributed by atoms with Crippen LogP contribution in [0.25, 0.3) is 0 Å². The molecule has 0 spiro atoms. The van der Waals surface area contributed by atoms with Crippen molar-refractivity contribution in [2.45, 2.75) is 32.1 Å². The second-order valence-corrected chi connectivity index (χ2v) is 4.85. The summed E-state index contributed by atoms with van der Waals surface area (Å²) >= 11 is 0. The molecule has 0 aromatic rings. The predicted octanol–water partition coefficient (Wildman–Crippen LogP) is -0.740. The van der Waals surface area contributed by atoms with Gasteiger partial charge in [-0.3, -0.25) is 14.4 Å². The van der Waals surface area contributed by atoms with Crippen LogP contribution in [0.1, 0.15) is 32.1 Å². The summed E-state index contributed by atoms with van der Waals surface area (Å²) in [4.78, 5) is 35.3. The van der Waals surface area contributed by atoms with Gasteiger partial charge >= 0.3 is 0 Å². The van der Waals surface area contributed by atoms with E-state index in [0.717, 1.165) is 24.2 Å². The van der Waals surface area contributed by atoms with Crippen molar-refractivity contribution in [1.29, 1.82) is 5.26 Å². The Morgan fingerprint density at radius 1 is 1.05 bits per heavy atom. The first-order chi connectivity index (χ1) is 8.91. The van der Waals surface area contributed by atoms with Crippen LogP contribution in [0.5, 0.6) is 0 Å². The van der Waals surface area contributed by atoms with E-state index in [1.54, 1.807) is 0 Å². The van der Waals surface area contributed by atoms with Crippen LogP contribution in [-0.2, 0) is 14.4 Å². The maximum atomic E-state index is 12.4. The largest absolute Gasteiger partial charge is 0.368 e. The standard InChI is InChI=1S/C12H18N4O3/c13-8-12(4-2-1-3-5-12)11(19)16(6-9(14)17)7-10(15)18/h1-7H2,(H2,14,17)(H2,15,18). The summed E-state index contributed by atoms with van der Waals surface area (Å²) in [6.07, 6.45) is 3.41. The molecule has 7 heteroatoms. The number of hydrogen-bond donors (Lipinski definition) is 2. The van der Waals surface area contributed by atoms with Gasteiger partial charge in [-0.1, -0.05) is 19.3 Å². The average Bonchev–Trinajstić information content (AvgIpc) is 2.36. The van der Waals surface area contributed by atoms with E-state index >= 15 is 0 Å². The van der Waals surface area contributed by atoms with Crippen molar-refractivity contribution in [1.82, 2.24) is 4.90 Å². The summed E-state index contributed by atoms with van der Waals surface area (Å²) < 4.78 is 0. The fourth-order valence-electron chi connectivity index (χ4n) is 2.41. The van der Waals surface area contributed by atoms with Crippen LogP contribution < -0.4 is 11.5 Å². The molecule has 0 unspecified atom stereocenters. The van der Waals surface area contributed by atoms with Gasteiger partial charge < -0.3 is 16.4 Å². The Hall–Kier alpha value is -2.10. The molecule has 0 atom stereocenters. The molecule has 0 aromatic carbocycles. The Bertz CT molecular complexity index is 405. The Labute approximate surface area is 111 Å². The number of amides is 3. The third kappa shape index (κ3) is 3.68. The van der Waals surface area contributed by atoms with Gasteiger partial charge in [-0.2, -0.15) is 5.26 Å². The van der Waals surface area contributed by atoms with E-state index < -0.39 is 36.2 Å². The van der Waals surface area contributed by atoms with Crippen molar-refractivity contribution >= 4 is 17.7 Å². The second-order valence-electron chi connectivity index (χ2n) is 4.85. The molecule has 0 bridgehead atoms. The molecular formula is C12H18N4O3. The zero-order valence-corrected chi connectivity index (χ0v) is 10.7. The fourth-order valence-corrected chi connectivity index (χ4v) is 2.41. The number of hydrogen-bond acceptors (Lipinski definition) is 4. The summed E-state index contributed by atoms with van der Waals surface area (Å²) in [5.74, 6) is -2.00. The minimum Gasteiger partial charge on any atom is -0.368 e. The number of nitrogens with two attached hydrogens (primary N) is 2. The lowest BCUT2D eigenvalue weighted by atomic mass is 9.74. The van der Waals surface area contributed by atoms with Gasteiger partial charge in [0, 0.05) is 0 Å². The number of nitriles is 1. The third-order valence-corrected chi connectivity index (χ3v) is 3.31. The minimum absolute atomic E-state index is 0.398. The SMILES string of the molecule is N#CC1(C(=O)N(CC(N)=O)CC(N)=O)CCCCC1. The molecule has 1 aliphatic carbocycles. The van der Waals surface area contributed by atoms with E-state index in [2.05, 4.69) is 0 Å². The van der Waals surface area contributed by atoms with E-state index in [9.17, 15) is 19.6 Å². The van der Waals surface area contributed by atoms with Crippen molar-refractivity contribution in [2.24, 2.45) is 16.9 Å². The first-order valence-corrected chi connectivity index (χ1v) is 6.18. The number of rotatable bonds is 5. The van der Waals surface area contributed by atoms with Crippen molar-refractivity contribution in [3.8, 4) is 6.07 Å². The number of nitrogens with zero attached hydrogens (tertiary/aromatic N) is 2. The summed E-state index contributed by atoms with van der Waals surface area (Å²) in [5.41, 5.74) is 8.96. The van der Waals surface area contributed by atoms with Crippen molar-refractivity contribution in [3.63, 3.8) is 0 Å². The Morgan fingerprint density at radius 2 is 1.53 bits per heavy atom. The van der Waals surface area contributed by atoms with E-state index in [1.807, 2.05) is 6.07 Å². The lowest BCUT2D eigenvalue weighted by Crippen LogP contribution is -2.50. The van der Waals surface area contributed by atoms with Crippen LogP contribution in [0.3, 0.4) is 0 Å². The van der Waals surface area contributed by atoms with Gasteiger partial charge in [-0.25, -0.2) is 0 Å². The molecule has 0 heterocycles. The summed E-state index contributed by atoms with van der Waals surface area (Å²) in [6, 6.07) is 2.05. The maximum absolute atomic E-state index is 12.4. The van der Waals surface area contributed by atoms with E-state index in [-0.39, 0.29) is 0 Å². The Balaban J connectivity index is 2.92. The molecule has 4 N–H and O–H groups in total. The molecule has 0 aliphatic heterocycles. The monoisotopic (exact) mass is 266 g/mol. The normalized spacial score (nSPS) is 17.2. The Kier molecular flexibility index (Phi) is 4.87. The lowest BCUT2D eigenvalue weighted by molar-refractivity contribution is -0.145. The van der Waals surface area contributed by atoms with Gasteiger partial charge in [0.2, 0.25) is 17.7 Å². The fraction of sp³-hybridized carbons (Fsp3) is 0.667. The number of primary amides is 2. The number of carbonyl (C=O) groups is 3. The average molecular weight is 266 g/mol. The lowest BCUT2D eigenvalue weighted by Gasteiger charge is -2.33. The number of carbonyl (C=O) groups excluding carboxylic acids is 3. The molecule has 1 rings (SSSR count). The predicted molar refractivity (Wildman–Crippen MR) is 66.1 cm³/mol. The molecular weight excluding hydrogens is 248 g/mol. The smallest absolute Gasteiger partial charge is 0.243 e. The molecule has 104 valence electrons. The van der Waals surface area contributed by atoms with Crippen LogP contribution in [0, 0.1) is 16.7 Å². The molecule has 1 aliphatic rings. The van der Waals surface area contributed by atoms with Crippen LogP contribution in [0.2, 0.25) is 0 Å². The maximum Gasteiger partial charge on any atom is 0.243 e. The highest BCUT2D eigenvalue weighted by molar-refractivity contribution is 5.92. The summed E-state index contributed by atoms with van der Waals surface area (Å²) in [5, 5.41) is 9.30. The van der Waals surface area contributed by atoms with Crippen molar-refractivity contribution in [2.75, 3.05) is 13.1 Å². The van der Waals surface area contributed by atoms with Crippen LogP contribution in [-0.4, -0.2) is 35.7 Å². The molecule has 0 radical (unpaired) electrons. The van der Waals surface area contributed by atoms with Crippen LogP contribution in [0.4, 0.5) is 0 Å². The first-order valence-electron chi connectivity index (χ1n) is 6.18. The molecule has 0 saturated heterocycles. The highest BCUT2D eigenvalue weighted by Gasteiger charge is 2.43. The zero-order valence-electron chi connectivity index (χ0n) is 10.7. The molecule has 0 aromatic heterocycles. The molecule has 3 amide bonds. The van der Waals surface area contributed by atoms with Gasteiger partial charge in [-0.05, 0) is 12.8 Å². The van der Waals surface area contributed by atoms with E-state index in [1.165, 1.54) is 0 Å². The third-order valence-electron chi connectivity index (χ3n) is 3.31. The van der Waals surface area contributed by atoms with Crippen LogP contribution in [0.15, 0.2) is 0 Å². The quantitative estimate of drug-likeness (QED) is 0.678. The van der Waals surface area contributed by atoms with Crippen molar-refractivity contribution < 1.29 is 14.4 Å².